The van der Waals surface area contributed by atoms with E-state index in [0.717, 1.165) is 23.5 Å². The molecule has 0 aliphatic rings. The summed E-state index contributed by atoms with van der Waals surface area (Å²) < 4.78 is 45.6. The molecule has 0 radical (unpaired) electrons. The van der Waals surface area contributed by atoms with Gasteiger partial charge in [0.25, 0.3) is 5.91 Å². The second-order valence-corrected chi connectivity index (χ2v) is 7.52. The quantitative estimate of drug-likeness (QED) is 0.522. The molecule has 0 bridgehead atoms. The van der Waals surface area contributed by atoms with Crippen LogP contribution in [0.15, 0.2) is 40.9 Å². The molecule has 1 N–H and O–H groups in total. The standard InChI is InChI=1S/C19H15F3N4O2S/c1-10-6-14(28-25-10)9-23-17(27)16-8-15-11(2)24-26(18(15)29-16)13-5-3-4-12(7-13)19(20,21)22/h3-8H,9H2,1-2H3,(H,23,27). The van der Waals surface area contributed by atoms with Crippen LogP contribution >= 0.6 is 11.3 Å². The first kappa shape index (κ1) is 19.2. The van der Waals surface area contributed by atoms with Gasteiger partial charge in [0.05, 0.1) is 34.1 Å². The minimum atomic E-state index is -4.45. The molecule has 4 aromatic rings. The van der Waals surface area contributed by atoms with E-state index in [0.29, 0.717) is 32.2 Å². The third kappa shape index (κ3) is 3.75. The van der Waals surface area contributed by atoms with Gasteiger partial charge in [-0.1, -0.05) is 11.2 Å². The van der Waals surface area contributed by atoms with Gasteiger partial charge in [0.15, 0.2) is 5.76 Å². The molecule has 0 aliphatic heterocycles. The first-order valence-electron chi connectivity index (χ1n) is 8.59. The van der Waals surface area contributed by atoms with Crippen LogP contribution in [0.4, 0.5) is 13.2 Å². The molecule has 6 nitrogen and oxygen atoms in total. The summed E-state index contributed by atoms with van der Waals surface area (Å²) in [6.45, 7) is 3.72. The van der Waals surface area contributed by atoms with Crippen LogP contribution in [0.25, 0.3) is 15.9 Å². The highest BCUT2D eigenvalue weighted by Crippen LogP contribution is 2.33. The topological polar surface area (TPSA) is 73.0 Å². The van der Waals surface area contributed by atoms with Crippen molar-refractivity contribution in [3.63, 3.8) is 0 Å². The average Bonchev–Trinajstić information content (AvgIpc) is 3.36. The number of hydrogen-bond acceptors (Lipinski definition) is 5. The third-order valence-electron chi connectivity index (χ3n) is 4.29. The number of hydrogen-bond donors (Lipinski definition) is 1. The molecule has 29 heavy (non-hydrogen) atoms. The van der Waals surface area contributed by atoms with E-state index in [1.165, 1.54) is 10.7 Å². The number of rotatable bonds is 4. The van der Waals surface area contributed by atoms with E-state index in [-0.39, 0.29) is 18.1 Å². The molecule has 4 rings (SSSR count). The van der Waals surface area contributed by atoms with Gasteiger partial charge in [-0.2, -0.15) is 18.3 Å². The van der Waals surface area contributed by atoms with Gasteiger partial charge in [0.2, 0.25) is 0 Å². The minimum absolute atomic E-state index is 0.187. The first-order valence-corrected chi connectivity index (χ1v) is 9.41. The van der Waals surface area contributed by atoms with Crippen molar-refractivity contribution in [3.8, 4) is 5.69 Å². The summed E-state index contributed by atoms with van der Waals surface area (Å²) in [4.78, 5) is 13.5. The van der Waals surface area contributed by atoms with Crippen molar-refractivity contribution in [1.82, 2.24) is 20.3 Å². The Morgan fingerprint density at radius 2 is 2.03 bits per heavy atom. The monoisotopic (exact) mass is 420 g/mol. The number of aryl methyl sites for hydroxylation is 2. The zero-order valence-corrected chi connectivity index (χ0v) is 16.2. The Morgan fingerprint density at radius 3 is 2.72 bits per heavy atom. The SMILES string of the molecule is Cc1cc(CNC(=O)c2cc3c(C)nn(-c4cccc(C(F)(F)F)c4)c3s2)on1. The lowest BCUT2D eigenvalue weighted by atomic mass is 10.2. The van der Waals surface area contributed by atoms with Crippen molar-refractivity contribution in [3.05, 3.63) is 64.0 Å². The van der Waals surface area contributed by atoms with E-state index in [1.54, 1.807) is 32.0 Å². The smallest absolute Gasteiger partial charge is 0.359 e. The Labute approximate surface area is 166 Å². The third-order valence-corrected chi connectivity index (χ3v) is 5.40. The number of nitrogens with zero attached hydrogens (tertiary/aromatic N) is 3. The van der Waals surface area contributed by atoms with E-state index >= 15 is 0 Å². The van der Waals surface area contributed by atoms with E-state index in [4.69, 9.17) is 4.52 Å². The van der Waals surface area contributed by atoms with Crippen LogP contribution in [0.5, 0.6) is 0 Å². The Hall–Kier alpha value is -3.14. The molecule has 3 heterocycles. The minimum Gasteiger partial charge on any atom is -0.359 e. The number of thiophene rings is 1. The number of alkyl halides is 3. The summed E-state index contributed by atoms with van der Waals surface area (Å²) in [7, 11) is 0. The Kier molecular flexibility index (Phi) is 4.65. The second kappa shape index (κ2) is 7.03. The lowest BCUT2D eigenvalue weighted by Crippen LogP contribution is -2.21. The fourth-order valence-electron chi connectivity index (χ4n) is 2.90. The van der Waals surface area contributed by atoms with Crippen LogP contribution in [-0.4, -0.2) is 20.8 Å². The number of carbonyl (C=O) groups is 1. The van der Waals surface area contributed by atoms with E-state index < -0.39 is 11.7 Å². The molecular weight excluding hydrogens is 405 g/mol. The fourth-order valence-corrected chi connectivity index (χ4v) is 4.00. The molecule has 0 aliphatic carbocycles. The summed E-state index contributed by atoms with van der Waals surface area (Å²) in [5.74, 6) is 0.221. The Balaban J connectivity index is 1.64. The molecule has 0 fully saturated rings. The maximum atomic E-state index is 13.0. The lowest BCUT2D eigenvalue weighted by molar-refractivity contribution is -0.137. The predicted octanol–water partition coefficient (Wildman–Crippen LogP) is 4.64. The van der Waals surface area contributed by atoms with Gasteiger partial charge in [-0.05, 0) is 38.1 Å². The number of fused-ring (bicyclic) bond motifs is 1. The molecule has 0 spiro atoms. The highest BCUT2D eigenvalue weighted by Gasteiger charge is 2.31. The van der Waals surface area contributed by atoms with Crippen LogP contribution in [0.3, 0.4) is 0 Å². The molecule has 0 saturated carbocycles. The van der Waals surface area contributed by atoms with Gasteiger partial charge in [-0.3, -0.25) is 4.79 Å². The van der Waals surface area contributed by atoms with Gasteiger partial charge in [0, 0.05) is 11.5 Å². The van der Waals surface area contributed by atoms with Crippen molar-refractivity contribution in [2.45, 2.75) is 26.6 Å². The number of amides is 1. The largest absolute Gasteiger partial charge is 0.416 e. The Bertz CT molecular complexity index is 1210. The van der Waals surface area contributed by atoms with Crippen molar-refractivity contribution in [2.24, 2.45) is 0 Å². The number of nitrogens with one attached hydrogen (secondary N) is 1. The molecule has 3 aromatic heterocycles. The maximum absolute atomic E-state index is 13.0. The van der Waals surface area contributed by atoms with Crippen molar-refractivity contribution in [2.75, 3.05) is 0 Å². The van der Waals surface area contributed by atoms with Gasteiger partial charge in [-0.25, -0.2) is 4.68 Å². The molecule has 0 atom stereocenters. The summed E-state index contributed by atoms with van der Waals surface area (Å²) >= 11 is 1.16. The molecular formula is C19H15F3N4O2S. The summed E-state index contributed by atoms with van der Waals surface area (Å²) in [5.41, 5.74) is 0.864. The highest BCUT2D eigenvalue weighted by molar-refractivity contribution is 7.20. The van der Waals surface area contributed by atoms with Crippen molar-refractivity contribution >= 4 is 27.5 Å². The van der Waals surface area contributed by atoms with Gasteiger partial charge >= 0.3 is 6.18 Å². The van der Waals surface area contributed by atoms with Crippen LogP contribution in [0.2, 0.25) is 0 Å². The van der Waals surface area contributed by atoms with Gasteiger partial charge < -0.3 is 9.84 Å². The normalized spacial score (nSPS) is 11.9. The van der Waals surface area contributed by atoms with Crippen LogP contribution in [0, 0.1) is 13.8 Å². The van der Waals surface area contributed by atoms with E-state index in [2.05, 4.69) is 15.6 Å². The molecule has 0 saturated heterocycles. The number of aromatic nitrogens is 3. The maximum Gasteiger partial charge on any atom is 0.416 e. The molecule has 0 unspecified atom stereocenters. The van der Waals surface area contributed by atoms with Crippen molar-refractivity contribution < 1.29 is 22.5 Å². The molecule has 1 aromatic carbocycles. The summed E-state index contributed by atoms with van der Waals surface area (Å²) in [6, 6.07) is 8.34. The van der Waals surface area contributed by atoms with E-state index in [9.17, 15) is 18.0 Å². The Morgan fingerprint density at radius 1 is 1.24 bits per heavy atom. The predicted molar refractivity (Wildman–Crippen MR) is 101 cm³/mol. The number of carbonyl (C=O) groups excluding carboxylic acids is 1. The number of benzene rings is 1. The lowest BCUT2D eigenvalue weighted by Gasteiger charge is -2.09. The van der Waals surface area contributed by atoms with Crippen molar-refractivity contribution in [1.29, 1.82) is 0 Å². The molecule has 1 amide bonds. The summed E-state index contributed by atoms with van der Waals surface area (Å²) in [6.07, 6.45) is -4.45. The average molecular weight is 420 g/mol. The van der Waals surface area contributed by atoms with Crippen LogP contribution in [-0.2, 0) is 12.7 Å². The van der Waals surface area contributed by atoms with Crippen LogP contribution in [0.1, 0.15) is 32.4 Å². The zero-order valence-electron chi connectivity index (χ0n) is 15.4. The van der Waals surface area contributed by atoms with E-state index in [1.807, 2.05) is 0 Å². The number of halogens is 3. The zero-order chi connectivity index (χ0) is 20.8. The second-order valence-electron chi connectivity index (χ2n) is 6.49. The summed E-state index contributed by atoms with van der Waals surface area (Å²) in [5, 5.41) is 11.6. The molecule has 10 heteroatoms. The van der Waals surface area contributed by atoms with Gasteiger partial charge in [0.1, 0.15) is 4.83 Å². The van der Waals surface area contributed by atoms with Gasteiger partial charge in [-0.15, -0.1) is 11.3 Å². The van der Waals surface area contributed by atoms with Crippen LogP contribution < -0.4 is 5.32 Å². The molecule has 150 valence electrons. The fraction of sp³-hybridized carbons (Fsp3) is 0.211. The first-order chi connectivity index (χ1) is 13.7. The highest BCUT2D eigenvalue weighted by atomic mass is 32.1.